The molecule has 6 heteroatoms. The third kappa shape index (κ3) is 4.95. The smallest absolute Gasteiger partial charge is 0.223 e. The fourth-order valence-electron chi connectivity index (χ4n) is 3.47. The van der Waals surface area contributed by atoms with Gasteiger partial charge >= 0.3 is 0 Å². The number of rotatable bonds is 5. The predicted molar refractivity (Wildman–Crippen MR) is 119 cm³/mol. The van der Waals surface area contributed by atoms with Gasteiger partial charge in [0, 0.05) is 55.1 Å². The molecular formula is C23H24BrN3O2. The van der Waals surface area contributed by atoms with Crippen molar-refractivity contribution in [2.24, 2.45) is 0 Å². The van der Waals surface area contributed by atoms with Gasteiger partial charge in [-0.05, 0) is 48.5 Å². The summed E-state index contributed by atoms with van der Waals surface area (Å²) in [5, 5.41) is 1.12. The highest BCUT2D eigenvalue weighted by molar-refractivity contribution is 9.10. The number of aromatic nitrogens is 1. The maximum Gasteiger partial charge on any atom is 0.223 e. The summed E-state index contributed by atoms with van der Waals surface area (Å²) in [6.45, 7) is 3.92. The molecule has 150 valence electrons. The zero-order valence-electron chi connectivity index (χ0n) is 16.5. The van der Waals surface area contributed by atoms with E-state index in [0.29, 0.717) is 13.0 Å². The van der Waals surface area contributed by atoms with Gasteiger partial charge in [0.1, 0.15) is 12.4 Å². The number of carbonyl (C=O) groups excluding carboxylic acids is 1. The van der Waals surface area contributed by atoms with E-state index in [0.717, 1.165) is 58.6 Å². The number of hydrogen-bond donors (Lipinski definition) is 0. The minimum atomic E-state index is 0.221. The molecule has 1 amide bonds. The first-order valence-electron chi connectivity index (χ1n) is 9.84. The van der Waals surface area contributed by atoms with Crippen LogP contribution in [0.1, 0.15) is 6.42 Å². The molecule has 5 nitrogen and oxygen atoms in total. The highest BCUT2D eigenvalue weighted by Gasteiger charge is 2.17. The lowest BCUT2D eigenvalue weighted by molar-refractivity contribution is -0.129. The molecule has 0 aliphatic carbocycles. The Hall–Kier alpha value is -2.44. The van der Waals surface area contributed by atoms with Crippen molar-refractivity contribution in [3.63, 3.8) is 0 Å². The quantitative estimate of drug-likeness (QED) is 0.580. The van der Waals surface area contributed by atoms with Crippen molar-refractivity contribution in [2.75, 3.05) is 39.8 Å². The van der Waals surface area contributed by atoms with Crippen LogP contribution in [-0.4, -0.2) is 60.5 Å². The molecule has 0 unspecified atom stereocenters. The highest BCUT2D eigenvalue weighted by Crippen LogP contribution is 2.25. The summed E-state index contributed by atoms with van der Waals surface area (Å²) in [6, 6.07) is 18.3. The number of amides is 1. The van der Waals surface area contributed by atoms with Crippen molar-refractivity contribution in [2.45, 2.75) is 6.42 Å². The number of hydrogen-bond acceptors (Lipinski definition) is 4. The van der Waals surface area contributed by atoms with Crippen LogP contribution in [0, 0.1) is 0 Å². The molecule has 3 aromatic rings. The van der Waals surface area contributed by atoms with Crippen LogP contribution in [0.3, 0.4) is 0 Å². The fraction of sp³-hybridized carbons (Fsp3) is 0.304. The zero-order chi connectivity index (χ0) is 20.2. The lowest BCUT2D eigenvalue weighted by atomic mass is 10.1. The molecule has 1 aromatic heterocycles. The van der Waals surface area contributed by atoms with Crippen molar-refractivity contribution in [1.29, 1.82) is 0 Å². The van der Waals surface area contributed by atoms with Gasteiger partial charge in [-0.25, -0.2) is 4.98 Å². The van der Waals surface area contributed by atoms with E-state index in [-0.39, 0.29) is 5.91 Å². The van der Waals surface area contributed by atoms with E-state index in [4.69, 9.17) is 9.72 Å². The van der Waals surface area contributed by atoms with E-state index < -0.39 is 0 Å². The summed E-state index contributed by atoms with van der Waals surface area (Å²) in [5.74, 6) is 1.07. The van der Waals surface area contributed by atoms with Crippen molar-refractivity contribution in [3.05, 3.63) is 59.1 Å². The summed E-state index contributed by atoms with van der Waals surface area (Å²) >= 11 is 3.50. The van der Waals surface area contributed by atoms with Gasteiger partial charge in [-0.3, -0.25) is 9.69 Å². The Morgan fingerprint density at radius 1 is 1.03 bits per heavy atom. The Balaban J connectivity index is 1.34. The van der Waals surface area contributed by atoms with Crippen LogP contribution in [0.2, 0.25) is 0 Å². The molecule has 1 aliphatic heterocycles. The molecule has 1 saturated heterocycles. The summed E-state index contributed by atoms with van der Waals surface area (Å²) in [4.78, 5) is 20.6. The largest absolute Gasteiger partial charge is 0.492 e. The molecule has 0 spiro atoms. The van der Waals surface area contributed by atoms with Gasteiger partial charge in [-0.15, -0.1) is 0 Å². The van der Waals surface area contributed by atoms with Crippen LogP contribution < -0.4 is 4.74 Å². The molecule has 2 aromatic carbocycles. The van der Waals surface area contributed by atoms with Crippen molar-refractivity contribution in [1.82, 2.24) is 14.8 Å². The van der Waals surface area contributed by atoms with Gasteiger partial charge in [0.15, 0.2) is 0 Å². The molecule has 2 heterocycles. The van der Waals surface area contributed by atoms with Gasteiger partial charge in [0.2, 0.25) is 5.91 Å². The average Bonchev–Trinajstić information content (AvgIpc) is 2.90. The van der Waals surface area contributed by atoms with E-state index in [2.05, 4.69) is 33.0 Å². The molecule has 29 heavy (non-hydrogen) atoms. The number of benzene rings is 2. The number of pyridine rings is 1. The number of nitrogens with zero attached hydrogens (tertiary/aromatic N) is 3. The Kier molecular flexibility index (Phi) is 6.11. The first-order valence-corrected chi connectivity index (χ1v) is 10.6. The molecule has 0 radical (unpaired) electrons. The van der Waals surface area contributed by atoms with E-state index in [1.165, 1.54) is 0 Å². The maximum absolute atomic E-state index is 11.8. The first-order chi connectivity index (χ1) is 14.1. The molecule has 1 fully saturated rings. The van der Waals surface area contributed by atoms with E-state index in [1.54, 1.807) is 4.90 Å². The molecular weight excluding hydrogens is 430 g/mol. The van der Waals surface area contributed by atoms with Crippen molar-refractivity contribution < 1.29 is 9.53 Å². The summed E-state index contributed by atoms with van der Waals surface area (Å²) < 4.78 is 6.97. The van der Waals surface area contributed by atoms with Gasteiger partial charge in [0.25, 0.3) is 0 Å². The minimum Gasteiger partial charge on any atom is -0.492 e. The van der Waals surface area contributed by atoms with Gasteiger partial charge in [0.05, 0.1) is 11.2 Å². The summed E-state index contributed by atoms with van der Waals surface area (Å²) in [5.41, 5.74) is 2.99. The zero-order valence-corrected chi connectivity index (χ0v) is 18.1. The van der Waals surface area contributed by atoms with Crippen molar-refractivity contribution in [3.8, 4) is 17.0 Å². The van der Waals surface area contributed by atoms with E-state index in [9.17, 15) is 4.79 Å². The first kappa shape index (κ1) is 19.9. The second kappa shape index (κ2) is 8.93. The topological polar surface area (TPSA) is 45.7 Å². The standard InChI is InChI=1S/C23H24BrN3O2/c1-26-12-13-27(11-10-23(26)28)14-15-29-20-6-2-17(3-7-20)21-8-4-18-16-19(24)5-9-22(18)25-21/h2-9,16H,10-15H2,1H3. The average molecular weight is 454 g/mol. The normalized spacial score (nSPS) is 15.5. The van der Waals surface area contributed by atoms with Crippen molar-refractivity contribution >= 4 is 32.7 Å². The van der Waals surface area contributed by atoms with Crippen LogP contribution >= 0.6 is 15.9 Å². The van der Waals surface area contributed by atoms with Gasteiger partial charge in [-0.2, -0.15) is 0 Å². The second-order valence-electron chi connectivity index (χ2n) is 7.31. The van der Waals surface area contributed by atoms with Crippen LogP contribution in [0.5, 0.6) is 5.75 Å². The Morgan fingerprint density at radius 3 is 2.69 bits per heavy atom. The third-order valence-corrected chi connectivity index (χ3v) is 5.79. The second-order valence-corrected chi connectivity index (χ2v) is 8.23. The van der Waals surface area contributed by atoms with Crippen LogP contribution in [0.4, 0.5) is 0 Å². The molecule has 1 aliphatic rings. The molecule has 0 saturated carbocycles. The highest BCUT2D eigenvalue weighted by atomic mass is 79.9. The lowest BCUT2D eigenvalue weighted by Gasteiger charge is -2.19. The maximum atomic E-state index is 11.8. The monoisotopic (exact) mass is 453 g/mol. The van der Waals surface area contributed by atoms with Crippen LogP contribution in [0.15, 0.2) is 59.1 Å². The fourth-order valence-corrected chi connectivity index (χ4v) is 3.85. The third-order valence-electron chi connectivity index (χ3n) is 5.30. The predicted octanol–water partition coefficient (Wildman–Crippen LogP) is 4.21. The molecule has 0 N–H and O–H groups in total. The Morgan fingerprint density at radius 2 is 1.86 bits per heavy atom. The number of fused-ring (bicyclic) bond motifs is 1. The minimum absolute atomic E-state index is 0.221. The van der Waals surface area contributed by atoms with E-state index >= 15 is 0 Å². The Bertz CT molecular complexity index is 1010. The van der Waals surface area contributed by atoms with Gasteiger partial charge in [-0.1, -0.05) is 22.0 Å². The molecule has 4 rings (SSSR count). The lowest BCUT2D eigenvalue weighted by Crippen LogP contribution is -2.32. The van der Waals surface area contributed by atoms with E-state index in [1.807, 2.05) is 49.5 Å². The van der Waals surface area contributed by atoms with Crippen LogP contribution in [0.25, 0.3) is 22.2 Å². The summed E-state index contributed by atoms with van der Waals surface area (Å²) in [6.07, 6.45) is 0.584. The molecule has 0 bridgehead atoms. The number of likely N-dealkylation sites (N-methyl/N-ethyl adjacent to an activating group) is 1. The van der Waals surface area contributed by atoms with Crippen LogP contribution in [-0.2, 0) is 4.79 Å². The Labute approximate surface area is 179 Å². The van der Waals surface area contributed by atoms with Gasteiger partial charge < -0.3 is 9.64 Å². The summed E-state index contributed by atoms with van der Waals surface area (Å²) in [7, 11) is 1.87. The SMILES string of the molecule is CN1CCN(CCOc2ccc(-c3ccc4cc(Br)ccc4n3)cc2)CCC1=O. The number of carbonyl (C=O) groups is 1. The number of ether oxygens (including phenoxy) is 1. The molecule has 0 atom stereocenters. The number of halogens is 1.